The lowest BCUT2D eigenvalue weighted by Gasteiger charge is -2.25. The highest BCUT2D eigenvalue weighted by molar-refractivity contribution is 7.07. The lowest BCUT2D eigenvalue weighted by molar-refractivity contribution is -0.384. The number of nitro benzene ring substituents is 1. The third-order valence-electron chi connectivity index (χ3n) is 6.50. The standard InChI is InChI=1S/C29H25N3O8S/c1-5-39-28(34)25-16(2)30-29-31(26(25)18-8-12-22(37-3)23(14-18)38-4)27(33)24(41-29)15-20-11-13-21(40-20)17-6-9-19(10-7-17)32(35)36/h6-15,26H,5H2,1-4H3/b24-15-/t26-/m0/s1. The van der Waals surface area contributed by atoms with Crippen molar-refractivity contribution in [1.82, 2.24) is 4.57 Å². The topological polar surface area (TPSA) is 135 Å². The first-order valence-electron chi connectivity index (χ1n) is 12.5. The summed E-state index contributed by atoms with van der Waals surface area (Å²) in [5.74, 6) is 1.28. The number of benzene rings is 2. The Morgan fingerprint density at radius 1 is 1.12 bits per heavy atom. The van der Waals surface area contributed by atoms with Gasteiger partial charge in [0.2, 0.25) is 0 Å². The zero-order chi connectivity index (χ0) is 29.3. The molecule has 0 aliphatic carbocycles. The minimum atomic E-state index is -0.820. The van der Waals surface area contributed by atoms with Crippen molar-refractivity contribution < 1.29 is 28.3 Å². The maximum atomic E-state index is 13.8. The van der Waals surface area contributed by atoms with E-state index in [-0.39, 0.29) is 23.4 Å². The number of allylic oxidation sites excluding steroid dienone is 1. The second-order valence-corrected chi connectivity index (χ2v) is 9.93. The number of aromatic nitrogens is 1. The molecule has 1 atom stereocenters. The molecule has 0 saturated carbocycles. The summed E-state index contributed by atoms with van der Waals surface area (Å²) >= 11 is 1.16. The molecule has 2 aromatic heterocycles. The van der Waals surface area contributed by atoms with Crippen LogP contribution >= 0.6 is 11.3 Å². The van der Waals surface area contributed by atoms with E-state index in [1.807, 2.05) is 0 Å². The van der Waals surface area contributed by atoms with E-state index in [9.17, 15) is 19.7 Å². The van der Waals surface area contributed by atoms with Crippen molar-refractivity contribution in [2.24, 2.45) is 4.99 Å². The van der Waals surface area contributed by atoms with Gasteiger partial charge in [-0.15, -0.1) is 0 Å². The molecule has 0 radical (unpaired) electrons. The number of carbonyl (C=O) groups is 1. The average molecular weight is 576 g/mol. The smallest absolute Gasteiger partial charge is 0.338 e. The van der Waals surface area contributed by atoms with Gasteiger partial charge in [-0.25, -0.2) is 9.79 Å². The summed E-state index contributed by atoms with van der Waals surface area (Å²) in [5.41, 5.74) is 1.57. The van der Waals surface area contributed by atoms with E-state index >= 15 is 0 Å². The summed E-state index contributed by atoms with van der Waals surface area (Å²) < 4.78 is 23.9. The first-order valence-corrected chi connectivity index (χ1v) is 13.3. The van der Waals surface area contributed by atoms with Crippen molar-refractivity contribution in [3.8, 4) is 22.8 Å². The maximum Gasteiger partial charge on any atom is 0.338 e. The molecule has 0 spiro atoms. The first-order chi connectivity index (χ1) is 19.7. The fraction of sp³-hybridized carbons (Fsp3) is 0.207. The quantitative estimate of drug-likeness (QED) is 0.175. The van der Waals surface area contributed by atoms with Crippen LogP contribution in [0.2, 0.25) is 0 Å². The molecule has 0 N–H and O–H groups in total. The molecule has 4 aromatic rings. The highest BCUT2D eigenvalue weighted by Gasteiger charge is 2.34. The highest BCUT2D eigenvalue weighted by Crippen LogP contribution is 2.36. The molecule has 41 heavy (non-hydrogen) atoms. The van der Waals surface area contributed by atoms with Crippen molar-refractivity contribution in [2.75, 3.05) is 20.8 Å². The van der Waals surface area contributed by atoms with E-state index in [4.69, 9.17) is 18.6 Å². The van der Waals surface area contributed by atoms with Crippen molar-refractivity contribution in [3.05, 3.63) is 107 Å². The molecule has 1 aliphatic rings. The molecular formula is C29H25N3O8S. The summed E-state index contributed by atoms with van der Waals surface area (Å²) in [6.07, 6.45) is 1.60. The minimum absolute atomic E-state index is 0.0249. The largest absolute Gasteiger partial charge is 0.493 e. The number of furan rings is 1. The van der Waals surface area contributed by atoms with Gasteiger partial charge in [0.15, 0.2) is 16.3 Å². The van der Waals surface area contributed by atoms with E-state index < -0.39 is 16.9 Å². The van der Waals surface area contributed by atoms with Gasteiger partial charge in [0.25, 0.3) is 11.2 Å². The second-order valence-electron chi connectivity index (χ2n) is 8.92. The lowest BCUT2D eigenvalue weighted by atomic mass is 9.95. The molecule has 210 valence electrons. The molecule has 0 fully saturated rings. The van der Waals surface area contributed by atoms with Crippen molar-refractivity contribution in [2.45, 2.75) is 19.9 Å². The van der Waals surface area contributed by atoms with Gasteiger partial charge >= 0.3 is 5.97 Å². The van der Waals surface area contributed by atoms with Gasteiger partial charge in [-0.2, -0.15) is 0 Å². The van der Waals surface area contributed by atoms with Crippen molar-refractivity contribution in [1.29, 1.82) is 0 Å². The predicted octanol–water partition coefficient (Wildman–Crippen LogP) is 3.98. The Bertz CT molecular complexity index is 1860. The van der Waals surface area contributed by atoms with Gasteiger partial charge in [-0.3, -0.25) is 19.5 Å². The zero-order valence-corrected chi connectivity index (χ0v) is 23.4. The number of ether oxygens (including phenoxy) is 3. The van der Waals surface area contributed by atoms with Crippen LogP contribution in [0.25, 0.3) is 17.4 Å². The zero-order valence-electron chi connectivity index (χ0n) is 22.6. The summed E-state index contributed by atoms with van der Waals surface area (Å²) in [7, 11) is 3.03. The van der Waals surface area contributed by atoms with Crippen molar-refractivity contribution in [3.63, 3.8) is 0 Å². The van der Waals surface area contributed by atoms with E-state index in [1.165, 1.54) is 30.9 Å². The Morgan fingerprint density at radius 2 is 1.85 bits per heavy atom. The van der Waals surface area contributed by atoms with Gasteiger partial charge in [0, 0.05) is 23.8 Å². The summed E-state index contributed by atoms with van der Waals surface area (Å²) in [6.45, 7) is 3.58. The number of non-ortho nitro benzene ring substituents is 1. The Kier molecular flexibility index (Phi) is 7.58. The van der Waals surface area contributed by atoms with Gasteiger partial charge < -0.3 is 18.6 Å². The molecule has 1 aliphatic heterocycles. The Morgan fingerprint density at radius 3 is 2.51 bits per heavy atom. The van der Waals surface area contributed by atoms with Gasteiger partial charge in [0.1, 0.15) is 11.5 Å². The van der Waals surface area contributed by atoms with E-state index in [0.29, 0.717) is 49.2 Å². The molecule has 12 heteroatoms. The van der Waals surface area contributed by atoms with Gasteiger partial charge in [-0.05, 0) is 55.8 Å². The van der Waals surface area contributed by atoms with Crippen LogP contribution in [0, 0.1) is 10.1 Å². The Hall–Kier alpha value is -4.97. The number of methoxy groups -OCH3 is 2. The minimum Gasteiger partial charge on any atom is -0.493 e. The molecular weight excluding hydrogens is 550 g/mol. The molecule has 0 bridgehead atoms. The third kappa shape index (κ3) is 5.16. The summed E-state index contributed by atoms with van der Waals surface area (Å²) in [6, 6.07) is 13.8. The molecule has 2 aromatic carbocycles. The Labute approximate surface area is 237 Å². The maximum absolute atomic E-state index is 13.8. The van der Waals surface area contributed by atoms with Crippen LogP contribution in [0.1, 0.15) is 31.2 Å². The van der Waals surface area contributed by atoms with Gasteiger partial charge in [-0.1, -0.05) is 17.4 Å². The summed E-state index contributed by atoms with van der Waals surface area (Å²) in [4.78, 5) is 42.4. The number of nitro groups is 1. The molecule has 0 unspecified atom stereocenters. The highest BCUT2D eigenvalue weighted by atomic mass is 32.1. The number of carbonyl (C=O) groups excluding carboxylic acids is 1. The van der Waals surface area contributed by atoms with E-state index in [1.54, 1.807) is 62.4 Å². The molecule has 5 rings (SSSR count). The average Bonchev–Trinajstić information content (AvgIpc) is 3.56. The molecule has 3 heterocycles. The van der Waals surface area contributed by atoms with Crippen LogP contribution in [0.4, 0.5) is 5.69 Å². The fourth-order valence-corrected chi connectivity index (χ4v) is 5.62. The summed E-state index contributed by atoms with van der Waals surface area (Å²) in [5, 5.41) is 11.0. The van der Waals surface area contributed by atoms with Crippen molar-refractivity contribution >= 4 is 29.1 Å². The van der Waals surface area contributed by atoms with Crippen LogP contribution in [0.3, 0.4) is 0 Å². The van der Waals surface area contributed by atoms with Crippen LogP contribution < -0.4 is 24.4 Å². The number of thiazole rings is 1. The predicted molar refractivity (Wildman–Crippen MR) is 151 cm³/mol. The van der Waals surface area contributed by atoms with Gasteiger partial charge in [0.05, 0.1) is 47.6 Å². The van der Waals surface area contributed by atoms with Crippen LogP contribution in [0.15, 0.2) is 80.1 Å². The molecule has 0 amide bonds. The first kappa shape index (κ1) is 27.6. The number of rotatable bonds is 8. The third-order valence-corrected chi connectivity index (χ3v) is 7.49. The number of hydrogen-bond acceptors (Lipinski definition) is 10. The van der Waals surface area contributed by atoms with E-state index in [2.05, 4.69) is 4.99 Å². The SMILES string of the molecule is CCOC(=O)C1=C(C)N=c2s/c(=C\c3ccc(-c4ccc([N+](=O)[O-])cc4)o3)c(=O)n2[C@H]1c1ccc(OC)c(OC)c1. The van der Waals surface area contributed by atoms with E-state index in [0.717, 1.165) is 11.3 Å². The normalized spacial score (nSPS) is 14.8. The van der Waals surface area contributed by atoms with Crippen LogP contribution in [0.5, 0.6) is 11.5 Å². The van der Waals surface area contributed by atoms with Crippen LogP contribution in [-0.2, 0) is 9.53 Å². The number of hydrogen-bond donors (Lipinski definition) is 0. The fourth-order valence-electron chi connectivity index (χ4n) is 4.59. The monoisotopic (exact) mass is 575 g/mol. The lowest BCUT2D eigenvalue weighted by Crippen LogP contribution is -2.39. The number of esters is 1. The molecule has 0 saturated heterocycles. The molecule has 11 nitrogen and oxygen atoms in total. The Balaban J connectivity index is 1.62. The van der Waals surface area contributed by atoms with Crippen LogP contribution in [-0.4, -0.2) is 36.3 Å². The number of fused-ring (bicyclic) bond motifs is 1. The number of nitrogens with zero attached hydrogens (tertiary/aromatic N) is 3. The second kappa shape index (κ2) is 11.3.